The standard InChI is InChI=1S/C14H30O2/c1-7-8-12(10-15-5)13(11-16-6)9-14(2,3)4/h12-13H,7-11H2,1-6H3. The molecule has 0 aromatic rings. The third kappa shape index (κ3) is 7.24. The fourth-order valence-electron chi connectivity index (χ4n) is 2.40. The van der Waals surface area contributed by atoms with Crippen molar-refractivity contribution in [3.8, 4) is 0 Å². The van der Waals surface area contributed by atoms with Crippen molar-refractivity contribution < 1.29 is 9.47 Å². The van der Waals surface area contributed by atoms with E-state index < -0.39 is 0 Å². The van der Waals surface area contributed by atoms with Crippen LogP contribution in [0, 0.1) is 17.3 Å². The average molecular weight is 230 g/mol. The lowest BCUT2D eigenvalue weighted by Crippen LogP contribution is -2.28. The summed E-state index contributed by atoms with van der Waals surface area (Å²) in [5.74, 6) is 1.25. The summed E-state index contributed by atoms with van der Waals surface area (Å²) in [6, 6.07) is 0. The second kappa shape index (κ2) is 8.08. The number of hydrogen-bond acceptors (Lipinski definition) is 2. The predicted octanol–water partition coefficient (Wildman–Crippen LogP) is 3.75. The summed E-state index contributed by atoms with van der Waals surface area (Å²) in [7, 11) is 3.59. The lowest BCUT2D eigenvalue weighted by atomic mass is 9.77. The molecule has 16 heavy (non-hydrogen) atoms. The second-order valence-electron chi connectivity index (χ2n) is 5.98. The van der Waals surface area contributed by atoms with E-state index in [1.807, 2.05) is 0 Å². The molecule has 0 radical (unpaired) electrons. The maximum absolute atomic E-state index is 5.37. The molecule has 0 saturated carbocycles. The van der Waals surface area contributed by atoms with E-state index in [1.165, 1.54) is 19.3 Å². The van der Waals surface area contributed by atoms with Crippen molar-refractivity contribution >= 4 is 0 Å². The smallest absolute Gasteiger partial charge is 0.0494 e. The summed E-state index contributed by atoms with van der Waals surface area (Å²) < 4.78 is 10.7. The summed E-state index contributed by atoms with van der Waals surface area (Å²) in [5.41, 5.74) is 0.364. The number of hydrogen-bond donors (Lipinski definition) is 0. The minimum absolute atomic E-state index is 0.364. The van der Waals surface area contributed by atoms with Gasteiger partial charge in [-0.05, 0) is 30.1 Å². The summed E-state index contributed by atoms with van der Waals surface area (Å²) in [4.78, 5) is 0. The Balaban J connectivity index is 4.42. The van der Waals surface area contributed by atoms with Gasteiger partial charge in [0.1, 0.15) is 0 Å². The first-order valence-electron chi connectivity index (χ1n) is 6.42. The topological polar surface area (TPSA) is 18.5 Å². The van der Waals surface area contributed by atoms with E-state index in [1.54, 1.807) is 14.2 Å². The average Bonchev–Trinajstić information content (AvgIpc) is 2.15. The van der Waals surface area contributed by atoms with E-state index in [4.69, 9.17) is 9.47 Å². The molecule has 0 aliphatic rings. The molecule has 0 N–H and O–H groups in total. The molecule has 0 aromatic heterocycles. The third-order valence-electron chi connectivity index (χ3n) is 2.96. The van der Waals surface area contributed by atoms with E-state index in [2.05, 4.69) is 27.7 Å². The molecule has 0 aliphatic carbocycles. The molecule has 0 heterocycles. The van der Waals surface area contributed by atoms with Gasteiger partial charge in [0.2, 0.25) is 0 Å². The van der Waals surface area contributed by atoms with Crippen molar-refractivity contribution in [3.05, 3.63) is 0 Å². The Hall–Kier alpha value is -0.0800. The molecule has 2 heteroatoms. The predicted molar refractivity (Wildman–Crippen MR) is 69.7 cm³/mol. The highest BCUT2D eigenvalue weighted by Gasteiger charge is 2.25. The van der Waals surface area contributed by atoms with E-state index in [0.717, 1.165) is 13.2 Å². The number of rotatable bonds is 8. The number of methoxy groups -OCH3 is 2. The first kappa shape index (κ1) is 15.9. The van der Waals surface area contributed by atoms with Crippen LogP contribution in [0.3, 0.4) is 0 Å². The molecule has 2 nitrogen and oxygen atoms in total. The number of ether oxygens (including phenoxy) is 2. The Morgan fingerprint density at radius 3 is 1.81 bits per heavy atom. The molecule has 2 unspecified atom stereocenters. The summed E-state index contributed by atoms with van der Waals surface area (Å²) in [5, 5.41) is 0. The third-order valence-corrected chi connectivity index (χ3v) is 2.96. The van der Waals surface area contributed by atoms with Crippen molar-refractivity contribution in [3.63, 3.8) is 0 Å². The zero-order chi connectivity index (χ0) is 12.6. The first-order valence-corrected chi connectivity index (χ1v) is 6.42. The van der Waals surface area contributed by atoms with Crippen LogP contribution in [0.2, 0.25) is 0 Å². The van der Waals surface area contributed by atoms with Crippen molar-refractivity contribution in [1.82, 2.24) is 0 Å². The van der Waals surface area contributed by atoms with Gasteiger partial charge in [-0.15, -0.1) is 0 Å². The van der Waals surface area contributed by atoms with Crippen LogP contribution in [0.1, 0.15) is 47.0 Å². The Morgan fingerprint density at radius 1 is 0.938 bits per heavy atom. The summed E-state index contributed by atoms with van der Waals surface area (Å²) in [6.45, 7) is 10.8. The van der Waals surface area contributed by atoms with Gasteiger partial charge in [0.15, 0.2) is 0 Å². The van der Waals surface area contributed by atoms with E-state index in [9.17, 15) is 0 Å². The van der Waals surface area contributed by atoms with Crippen LogP contribution >= 0.6 is 0 Å². The van der Waals surface area contributed by atoms with Crippen LogP contribution in [0.5, 0.6) is 0 Å². The molecule has 98 valence electrons. The summed E-state index contributed by atoms with van der Waals surface area (Å²) in [6.07, 6.45) is 3.66. The minimum atomic E-state index is 0.364. The first-order chi connectivity index (χ1) is 7.44. The Morgan fingerprint density at radius 2 is 1.44 bits per heavy atom. The molecule has 0 aliphatic heterocycles. The minimum Gasteiger partial charge on any atom is -0.384 e. The molecule has 0 fully saturated rings. The van der Waals surface area contributed by atoms with Crippen LogP contribution in [-0.2, 0) is 9.47 Å². The fourth-order valence-corrected chi connectivity index (χ4v) is 2.40. The maximum atomic E-state index is 5.37. The zero-order valence-electron chi connectivity index (χ0n) is 12.0. The van der Waals surface area contributed by atoms with Crippen LogP contribution in [-0.4, -0.2) is 27.4 Å². The quantitative estimate of drug-likeness (QED) is 0.632. The van der Waals surface area contributed by atoms with Crippen LogP contribution in [0.25, 0.3) is 0 Å². The SMILES string of the molecule is CCCC(COC)C(COC)CC(C)(C)C. The van der Waals surface area contributed by atoms with Crippen molar-refractivity contribution in [2.75, 3.05) is 27.4 Å². The normalized spacial score (nSPS) is 16.1. The van der Waals surface area contributed by atoms with Crippen molar-refractivity contribution in [1.29, 1.82) is 0 Å². The monoisotopic (exact) mass is 230 g/mol. The molecular weight excluding hydrogens is 200 g/mol. The van der Waals surface area contributed by atoms with E-state index in [0.29, 0.717) is 17.3 Å². The van der Waals surface area contributed by atoms with Gasteiger partial charge in [0.25, 0.3) is 0 Å². The van der Waals surface area contributed by atoms with Crippen molar-refractivity contribution in [2.24, 2.45) is 17.3 Å². The molecule has 0 rings (SSSR count). The molecule has 0 saturated heterocycles. The van der Waals surface area contributed by atoms with Gasteiger partial charge in [-0.25, -0.2) is 0 Å². The maximum Gasteiger partial charge on any atom is 0.0494 e. The van der Waals surface area contributed by atoms with Crippen LogP contribution in [0.15, 0.2) is 0 Å². The molecule has 0 spiro atoms. The van der Waals surface area contributed by atoms with Gasteiger partial charge in [0.05, 0.1) is 0 Å². The molecule has 0 bridgehead atoms. The van der Waals surface area contributed by atoms with Crippen LogP contribution < -0.4 is 0 Å². The van der Waals surface area contributed by atoms with Crippen molar-refractivity contribution in [2.45, 2.75) is 47.0 Å². The highest BCUT2D eigenvalue weighted by atomic mass is 16.5. The van der Waals surface area contributed by atoms with E-state index >= 15 is 0 Å². The van der Waals surface area contributed by atoms with Gasteiger partial charge in [-0.1, -0.05) is 34.1 Å². The molecular formula is C14H30O2. The lowest BCUT2D eigenvalue weighted by Gasteiger charge is -2.31. The second-order valence-corrected chi connectivity index (χ2v) is 5.98. The van der Waals surface area contributed by atoms with Gasteiger partial charge >= 0.3 is 0 Å². The largest absolute Gasteiger partial charge is 0.384 e. The van der Waals surface area contributed by atoms with Crippen LogP contribution in [0.4, 0.5) is 0 Å². The highest BCUT2D eigenvalue weighted by Crippen LogP contribution is 2.31. The molecule has 2 atom stereocenters. The van der Waals surface area contributed by atoms with Gasteiger partial charge in [-0.2, -0.15) is 0 Å². The Bertz CT molecular complexity index is 155. The highest BCUT2D eigenvalue weighted by molar-refractivity contribution is 4.75. The Kier molecular flexibility index (Phi) is 8.04. The lowest BCUT2D eigenvalue weighted by molar-refractivity contribution is 0.0456. The van der Waals surface area contributed by atoms with Gasteiger partial charge < -0.3 is 9.47 Å². The summed E-state index contributed by atoms with van der Waals surface area (Å²) >= 11 is 0. The zero-order valence-corrected chi connectivity index (χ0v) is 12.0. The fraction of sp³-hybridized carbons (Fsp3) is 1.00. The van der Waals surface area contributed by atoms with E-state index in [-0.39, 0.29) is 0 Å². The molecule has 0 aromatic carbocycles. The van der Waals surface area contributed by atoms with Gasteiger partial charge in [-0.3, -0.25) is 0 Å². The molecule has 0 amide bonds. The Labute approximate surface area is 102 Å². The van der Waals surface area contributed by atoms with Gasteiger partial charge in [0, 0.05) is 27.4 Å².